The van der Waals surface area contributed by atoms with Gasteiger partial charge in [-0.05, 0) is 12.7 Å². The summed E-state index contributed by atoms with van der Waals surface area (Å²) in [6.07, 6.45) is 2.98. The number of urea groups is 1. The zero-order chi connectivity index (χ0) is 8.85. The summed E-state index contributed by atoms with van der Waals surface area (Å²) in [5.41, 5.74) is 5.12. The fourth-order valence-corrected chi connectivity index (χ4v) is 1.72. The highest BCUT2D eigenvalue weighted by Crippen LogP contribution is 2.07. The topological polar surface area (TPSA) is 46.3 Å². The Morgan fingerprint density at radius 1 is 1.73 bits per heavy atom. The number of amides is 2. The molecule has 0 bridgehead atoms. The van der Waals surface area contributed by atoms with E-state index in [0.717, 1.165) is 12.2 Å². The van der Waals surface area contributed by atoms with Gasteiger partial charge in [-0.15, -0.1) is 0 Å². The minimum atomic E-state index is -0.342. The van der Waals surface area contributed by atoms with E-state index in [2.05, 4.69) is 6.92 Å². The van der Waals surface area contributed by atoms with Gasteiger partial charge in [0.1, 0.15) is 0 Å². The summed E-state index contributed by atoms with van der Waals surface area (Å²) in [6.45, 7) is 2.06. The molecule has 0 aromatic rings. The van der Waals surface area contributed by atoms with Gasteiger partial charge in [0.15, 0.2) is 0 Å². The minimum Gasteiger partial charge on any atom is -0.351 e. The number of rotatable bonds is 4. The second-order valence-electron chi connectivity index (χ2n) is 2.47. The van der Waals surface area contributed by atoms with Gasteiger partial charge in [-0.2, -0.15) is 11.8 Å². The Kier molecular flexibility index (Phi) is 5.11. The molecule has 2 N–H and O–H groups in total. The second-order valence-corrected chi connectivity index (χ2v) is 3.38. The maximum atomic E-state index is 10.7. The lowest BCUT2D eigenvalue weighted by Gasteiger charge is -2.24. The molecule has 66 valence electrons. The largest absolute Gasteiger partial charge is 0.351 e. The summed E-state index contributed by atoms with van der Waals surface area (Å²) in [4.78, 5) is 12.3. The normalized spacial score (nSPS) is 12.6. The first-order chi connectivity index (χ1) is 5.13. The molecular weight excluding hydrogens is 160 g/mol. The van der Waals surface area contributed by atoms with Crippen LogP contribution in [-0.2, 0) is 0 Å². The SMILES string of the molecule is CCC(CSC)N(C)C(N)=O. The van der Waals surface area contributed by atoms with Crippen molar-refractivity contribution in [2.75, 3.05) is 19.1 Å². The number of nitrogens with two attached hydrogens (primary N) is 1. The minimum absolute atomic E-state index is 0.280. The molecule has 0 rings (SSSR count). The van der Waals surface area contributed by atoms with Crippen LogP contribution in [0.1, 0.15) is 13.3 Å². The van der Waals surface area contributed by atoms with Crippen molar-refractivity contribution in [3.05, 3.63) is 0 Å². The number of hydrogen-bond donors (Lipinski definition) is 1. The van der Waals surface area contributed by atoms with Crippen LogP contribution in [0.4, 0.5) is 4.79 Å². The molecule has 3 nitrogen and oxygen atoms in total. The van der Waals surface area contributed by atoms with Gasteiger partial charge in [-0.1, -0.05) is 6.92 Å². The molecule has 2 amide bonds. The monoisotopic (exact) mass is 176 g/mol. The molecule has 1 atom stereocenters. The third-order valence-electron chi connectivity index (χ3n) is 1.73. The van der Waals surface area contributed by atoms with Gasteiger partial charge in [-0.3, -0.25) is 0 Å². The molecule has 0 spiro atoms. The maximum absolute atomic E-state index is 10.7. The highest BCUT2D eigenvalue weighted by atomic mass is 32.2. The van der Waals surface area contributed by atoms with Gasteiger partial charge in [0.05, 0.1) is 0 Å². The number of thioether (sulfide) groups is 1. The molecule has 0 aromatic carbocycles. The Hall–Kier alpha value is -0.380. The lowest BCUT2D eigenvalue weighted by atomic mass is 10.2. The van der Waals surface area contributed by atoms with Gasteiger partial charge in [-0.25, -0.2) is 4.79 Å². The summed E-state index contributed by atoms with van der Waals surface area (Å²) in [5, 5.41) is 0. The van der Waals surface area contributed by atoms with Crippen LogP contribution in [0.15, 0.2) is 0 Å². The Labute approximate surface area is 72.3 Å². The van der Waals surface area contributed by atoms with E-state index in [1.54, 1.807) is 23.7 Å². The Bertz CT molecular complexity index is 130. The first-order valence-corrected chi connectivity index (χ1v) is 5.04. The molecule has 0 aliphatic heterocycles. The highest BCUT2D eigenvalue weighted by Gasteiger charge is 2.14. The van der Waals surface area contributed by atoms with Crippen LogP contribution >= 0.6 is 11.8 Å². The van der Waals surface area contributed by atoms with E-state index in [-0.39, 0.29) is 12.1 Å². The summed E-state index contributed by atoms with van der Waals surface area (Å²) in [5.74, 6) is 0.954. The van der Waals surface area contributed by atoms with Crippen LogP contribution in [0, 0.1) is 0 Å². The van der Waals surface area contributed by atoms with Gasteiger partial charge in [0.25, 0.3) is 0 Å². The van der Waals surface area contributed by atoms with Gasteiger partial charge < -0.3 is 10.6 Å². The van der Waals surface area contributed by atoms with Crippen LogP contribution in [0.2, 0.25) is 0 Å². The first-order valence-electron chi connectivity index (χ1n) is 3.64. The smallest absolute Gasteiger partial charge is 0.314 e. The third kappa shape index (κ3) is 3.51. The number of primary amides is 1. The van der Waals surface area contributed by atoms with E-state index >= 15 is 0 Å². The molecule has 4 heteroatoms. The van der Waals surface area contributed by atoms with E-state index in [9.17, 15) is 4.79 Å². The summed E-state index contributed by atoms with van der Waals surface area (Å²) >= 11 is 1.73. The average Bonchev–Trinajstić information content (AvgIpc) is 1.98. The van der Waals surface area contributed by atoms with Crippen LogP contribution < -0.4 is 5.73 Å². The molecule has 0 aliphatic carbocycles. The number of carbonyl (C=O) groups excluding carboxylic acids is 1. The summed E-state index contributed by atoms with van der Waals surface area (Å²) in [6, 6.07) is -0.0617. The lowest BCUT2D eigenvalue weighted by Crippen LogP contribution is -2.41. The first kappa shape index (κ1) is 10.6. The Morgan fingerprint density at radius 3 is 2.55 bits per heavy atom. The number of nitrogens with zero attached hydrogens (tertiary/aromatic N) is 1. The zero-order valence-corrected chi connectivity index (χ0v) is 8.15. The maximum Gasteiger partial charge on any atom is 0.314 e. The Morgan fingerprint density at radius 2 is 2.27 bits per heavy atom. The molecule has 0 radical (unpaired) electrons. The molecule has 0 saturated carbocycles. The molecule has 0 heterocycles. The van der Waals surface area contributed by atoms with Crippen LogP contribution in [-0.4, -0.2) is 36.0 Å². The highest BCUT2D eigenvalue weighted by molar-refractivity contribution is 7.98. The molecular formula is C7H16N2OS. The average molecular weight is 176 g/mol. The van der Waals surface area contributed by atoms with E-state index < -0.39 is 0 Å². The van der Waals surface area contributed by atoms with Crippen molar-refractivity contribution in [3.8, 4) is 0 Å². The van der Waals surface area contributed by atoms with Crippen molar-refractivity contribution in [2.24, 2.45) is 5.73 Å². The van der Waals surface area contributed by atoms with E-state index in [1.165, 1.54) is 0 Å². The van der Waals surface area contributed by atoms with Crippen molar-refractivity contribution >= 4 is 17.8 Å². The van der Waals surface area contributed by atoms with E-state index in [1.807, 2.05) is 6.26 Å². The summed E-state index contributed by atoms with van der Waals surface area (Å²) < 4.78 is 0. The quantitative estimate of drug-likeness (QED) is 0.698. The molecule has 0 saturated heterocycles. The van der Waals surface area contributed by atoms with Crippen molar-refractivity contribution in [3.63, 3.8) is 0 Å². The Balaban J connectivity index is 3.91. The number of carbonyl (C=O) groups is 1. The van der Waals surface area contributed by atoms with E-state index in [4.69, 9.17) is 5.73 Å². The van der Waals surface area contributed by atoms with Crippen molar-refractivity contribution in [1.82, 2.24) is 4.90 Å². The van der Waals surface area contributed by atoms with Crippen LogP contribution in [0.3, 0.4) is 0 Å². The molecule has 0 aromatic heterocycles. The van der Waals surface area contributed by atoms with Crippen LogP contribution in [0.25, 0.3) is 0 Å². The summed E-state index contributed by atoms with van der Waals surface area (Å²) in [7, 11) is 1.74. The van der Waals surface area contributed by atoms with Crippen molar-refractivity contribution in [2.45, 2.75) is 19.4 Å². The lowest BCUT2D eigenvalue weighted by molar-refractivity contribution is 0.203. The van der Waals surface area contributed by atoms with Crippen molar-refractivity contribution < 1.29 is 4.79 Å². The van der Waals surface area contributed by atoms with Gasteiger partial charge in [0, 0.05) is 18.8 Å². The second kappa shape index (κ2) is 5.29. The standard InChI is InChI=1S/C7H16N2OS/c1-4-6(5-11-3)9(2)7(8)10/h6H,4-5H2,1-3H3,(H2,8,10). The van der Waals surface area contributed by atoms with Crippen LogP contribution in [0.5, 0.6) is 0 Å². The fraction of sp³-hybridized carbons (Fsp3) is 0.857. The molecule has 11 heavy (non-hydrogen) atoms. The molecule has 0 fully saturated rings. The fourth-order valence-electron chi connectivity index (χ4n) is 0.876. The van der Waals surface area contributed by atoms with E-state index in [0.29, 0.717) is 0 Å². The predicted octanol–water partition coefficient (Wildman–Crippen LogP) is 1.14. The molecule has 0 aliphatic rings. The number of hydrogen-bond acceptors (Lipinski definition) is 2. The van der Waals surface area contributed by atoms with Gasteiger partial charge >= 0.3 is 6.03 Å². The van der Waals surface area contributed by atoms with Gasteiger partial charge in [0.2, 0.25) is 0 Å². The predicted molar refractivity (Wildman–Crippen MR) is 49.8 cm³/mol. The molecule has 1 unspecified atom stereocenters. The van der Waals surface area contributed by atoms with Crippen molar-refractivity contribution in [1.29, 1.82) is 0 Å². The zero-order valence-electron chi connectivity index (χ0n) is 7.33. The third-order valence-corrected chi connectivity index (χ3v) is 2.44.